The van der Waals surface area contributed by atoms with Gasteiger partial charge < -0.3 is 5.32 Å². The van der Waals surface area contributed by atoms with Crippen LogP contribution in [0.5, 0.6) is 0 Å². The molecule has 1 amide bonds. The first-order valence-corrected chi connectivity index (χ1v) is 10.4. The Bertz CT molecular complexity index is 942. The minimum atomic E-state index is -4.59. The molecule has 4 aliphatic carbocycles. The maximum Gasteiger partial charge on any atom is 0.433 e. The summed E-state index contributed by atoms with van der Waals surface area (Å²) in [6, 6.07) is 1.03. The zero-order valence-corrected chi connectivity index (χ0v) is 16.8. The number of amides is 1. The SMILES string of the molecule is Cc1cc(C(F)(F)F)n2nc(C(=O)NC3C4CC5CC(C4)CC3C5)c(Br)c2n1. The number of rotatable bonds is 2. The highest BCUT2D eigenvalue weighted by molar-refractivity contribution is 9.10. The summed E-state index contributed by atoms with van der Waals surface area (Å²) in [6.45, 7) is 1.49. The van der Waals surface area contributed by atoms with Crippen molar-refractivity contribution in [2.24, 2.45) is 23.7 Å². The van der Waals surface area contributed by atoms with Crippen LogP contribution in [0.15, 0.2) is 10.5 Å². The van der Waals surface area contributed by atoms with Gasteiger partial charge in [-0.1, -0.05) is 0 Å². The molecule has 0 spiro atoms. The van der Waals surface area contributed by atoms with E-state index in [1.165, 1.54) is 13.3 Å². The van der Waals surface area contributed by atoms with Gasteiger partial charge in [-0.25, -0.2) is 9.50 Å². The van der Waals surface area contributed by atoms with E-state index >= 15 is 0 Å². The second kappa shape index (κ2) is 6.18. The fourth-order valence-corrected chi connectivity index (χ4v) is 6.36. The molecule has 4 fully saturated rings. The average Bonchev–Trinajstić information content (AvgIpc) is 2.93. The summed E-state index contributed by atoms with van der Waals surface area (Å²) in [6.07, 6.45) is 1.29. The van der Waals surface area contributed by atoms with E-state index in [-0.39, 0.29) is 27.5 Å². The van der Waals surface area contributed by atoms with Crippen molar-refractivity contribution >= 4 is 27.5 Å². The second-order valence-corrected chi connectivity index (χ2v) is 9.40. The van der Waals surface area contributed by atoms with Crippen LogP contribution in [0.25, 0.3) is 5.65 Å². The molecular formula is C19H20BrF3N4O. The molecule has 1 N–H and O–H groups in total. The first kappa shape index (κ1) is 18.4. The number of nitrogens with zero attached hydrogens (tertiary/aromatic N) is 3. The van der Waals surface area contributed by atoms with Gasteiger partial charge in [0, 0.05) is 11.7 Å². The average molecular weight is 457 g/mol. The van der Waals surface area contributed by atoms with E-state index in [0.29, 0.717) is 16.4 Å². The molecule has 0 aliphatic heterocycles. The van der Waals surface area contributed by atoms with Gasteiger partial charge in [0.2, 0.25) is 0 Å². The number of alkyl halides is 3. The van der Waals surface area contributed by atoms with E-state index in [1.807, 2.05) is 0 Å². The van der Waals surface area contributed by atoms with Gasteiger partial charge in [0.05, 0.1) is 4.47 Å². The molecule has 0 aromatic carbocycles. The number of carbonyl (C=O) groups excluding carboxylic acids is 1. The predicted octanol–water partition coefficient (Wildman–Crippen LogP) is 4.37. The third-order valence-corrected chi connectivity index (χ3v) is 7.42. The molecule has 28 heavy (non-hydrogen) atoms. The van der Waals surface area contributed by atoms with Crippen molar-refractivity contribution in [2.45, 2.75) is 51.2 Å². The van der Waals surface area contributed by atoms with Crippen LogP contribution in [0, 0.1) is 30.6 Å². The lowest BCUT2D eigenvalue weighted by Gasteiger charge is -2.54. The number of nitrogens with one attached hydrogen (secondary N) is 1. The number of hydrogen-bond acceptors (Lipinski definition) is 3. The van der Waals surface area contributed by atoms with Crippen molar-refractivity contribution < 1.29 is 18.0 Å². The molecule has 6 rings (SSSR count). The van der Waals surface area contributed by atoms with Gasteiger partial charge >= 0.3 is 6.18 Å². The Morgan fingerprint density at radius 2 is 1.79 bits per heavy atom. The van der Waals surface area contributed by atoms with Crippen molar-refractivity contribution in [3.63, 3.8) is 0 Å². The molecular weight excluding hydrogens is 437 g/mol. The van der Waals surface area contributed by atoms with E-state index in [9.17, 15) is 18.0 Å². The van der Waals surface area contributed by atoms with Crippen molar-refractivity contribution in [3.05, 3.63) is 27.6 Å². The molecule has 0 atom stereocenters. The van der Waals surface area contributed by atoms with Crippen LogP contribution in [0.4, 0.5) is 13.2 Å². The molecule has 4 bridgehead atoms. The quantitative estimate of drug-likeness (QED) is 0.729. The normalized spacial score (nSPS) is 31.5. The molecule has 5 nitrogen and oxygen atoms in total. The van der Waals surface area contributed by atoms with Gasteiger partial charge in [-0.15, -0.1) is 0 Å². The lowest BCUT2D eigenvalue weighted by Crippen LogP contribution is -2.55. The number of carbonyl (C=O) groups is 1. The van der Waals surface area contributed by atoms with E-state index in [2.05, 4.69) is 31.3 Å². The molecule has 2 aromatic rings. The number of halogens is 4. The molecule has 150 valence electrons. The zero-order chi connectivity index (χ0) is 19.8. The summed E-state index contributed by atoms with van der Waals surface area (Å²) in [5.74, 6) is 2.07. The highest BCUT2D eigenvalue weighted by atomic mass is 79.9. The van der Waals surface area contributed by atoms with E-state index in [4.69, 9.17) is 0 Å². The van der Waals surface area contributed by atoms with Gasteiger partial charge in [0.15, 0.2) is 11.3 Å². The molecule has 4 saturated carbocycles. The van der Waals surface area contributed by atoms with Gasteiger partial charge in [0.1, 0.15) is 5.69 Å². The van der Waals surface area contributed by atoms with Crippen LogP contribution < -0.4 is 5.32 Å². The Balaban J connectivity index is 1.48. The van der Waals surface area contributed by atoms with Crippen LogP contribution in [-0.2, 0) is 6.18 Å². The highest BCUT2D eigenvalue weighted by Gasteiger charge is 2.49. The van der Waals surface area contributed by atoms with Crippen molar-refractivity contribution in [2.75, 3.05) is 0 Å². The monoisotopic (exact) mass is 456 g/mol. The lowest BCUT2D eigenvalue weighted by atomic mass is 9.54. The van der Waals surface area contributed by atoms with Crippen molar-refractivity contribution in [1.82, 2.24) is 19.9 Å². The summed E-state index contributed by atoms with van der Waals surface area (Å²) >= 11 is 3.26. The third-order valence-electron chi connectivity index (χ3n) is 6.69. The topological polar surface area (TPSA) is 59.3 Å². The van der Waals surface area contributed by atoms with Crippen molar-refractivity contribution in [3.8, 4) is 0 Å². The molecule has 4 aliphatic rings. The standard InChI is InChI=1S/C19H20BrF3N4O/c1-8-2-13(19(21,22)23)27-17(24-8)14(20)16(26-27)18(28)25-15-11-4-9-3-10(6-11)7-12(15)5-9/h2,9-12,15H,3-7H2,1H3,(H,25,28). The Morgan fingerprint density at radius 3 is 2.36 bits per heavy atom. The fourth-order valence-electron chi connectivity index (χ4n) is 5.84. The minimum Gasteiger partial charge on any atom is -0.347 e. The molecule has 0 unspecified atom stereocenters. The first-order chi connectivity index (χ1) is 13.2. The van der Waals surface area contributed by atoms with Crippen LogP contribution in [0.3, 0.4) is 0 Å². The summed E-state index contributed by atoms with van der Waals surface area (Å²) in [7, 11) is 0. The van der Waals surface area contributed by atoms with Gasteiger partial charge in [-0.05, 0) is 84.7 Å². The minimum absolute atomic E-state index is 0.00237. The van der Waals surface area contributed by atoms with Crippen LogP contribution >= 0.6 is 15.9 Å². The molecule has 2 aromatic heterocycles. The molecule has 0 radical (unpaired) electrons. The number of fused-ring (bicyclic) bond motifs is 1. The van der Waals surface area contributed by atoms with E-state index in [0.717, 1.165) is 43.6 Å². The predicted molar refractivity (Wildman–Crippen MR) is 98.7 cm³/mol. The maximum atomic E-state index is 13.4. The second-order valence-electron chi connectivity index (χ2n) is 8.61. The Labute approximate surface area is 168 Å². The number of hydrogen-bond donors (Lipinski definition) is 1. The zero-order valence-electron chi connectivity index (χ0n) is 15.3. The third kappa shape index (κ3) is 2.84. The number of aryl methyl sites for hydroxylation is 1. The van der Waals surface area contributed by atoms with Crippen LogP contribution in [-0.4, -0.2) is 26.5 Å². The highest BCUT2D eigenvalue weighted by Crippen LogP contribution is 2.53. The van der Waals surface area contributed by atoms with Gasteiger partial charge in [-0.3, -0.25) is 4.79 Å². The molecule has 9 heteroatoms. The van der Waals surface area contributed by atoms with Crippen molar-refractivity contribution in [1.29, 1.82) is 0 Å². The smallest absolute Gasteiger partial charge is 0.347 e. The molecule has 0 saturated heterocycles. The number of aromatic nitrogens is 3. The molecule has 2 heterocycles. The summed E-state index contributed by atoms with van der Waals surface area (Å²) in [4.78, 5) is 17.1. The largest absolute Gasteiger partial charge is 0.433 e. The van der Waals surface area contributed by atoms with E-state index in [1.54, 1.807) is 0 Å². The summed E-state index contributed by atoms with van der Waals surface area (Å²) in [5.41, 5.74) is -0.766. The Hall–Kier alpha value is -1.64. The first-order valence-electron chi connectivity index (χ1n) is 9.64. The van der Waals surface area contributed by atoms with Gasteiger partial charge in [-0.2, -0.15) is 18.3 Å². The maximum absolute atomic E-state index is 13.4. The Kier molecular flexibility index (Phi) is 4.06. The summed E-state index contributed by atoms with van der Waals surface area (Å²) in [5, 5.41) is 7.08. The fraction of sp³-hybridized carbons (Fsp3) is 0.632. The lowest BCUT2D eigenvalue weighted by molar-refractivity contribution is -0.142. The van der Waals surface area contributed by atoms with Gasteiger partial charge in [0.25, 0.3) is 5.91 Å². The van der Waals surface area contributed by atoms with Crippen LogP contribution in [0.1, 0.15) is 54.0 Å². The van der Waals surface area contributed by atoms with Crippen LogP contribution in [0.2, 0.25) is 0 Å². The summed E-state index contributed by atoms with van der Waals surface area (Å²) < 4.78 is 41.1. The Morgan fingerprint density at radius 1 is 1.18 bits per heavy atom. The van der Waals surface area contributed by atoms with E-state index < -0.39 is 17.8 Å².